The first-order chi connectivity index (χ1) is 12.8. The number of halogens is 3. The van der Waals surface area contributed by atoms with Crippen LogP contribution >= 0.6 is 0 Å². The number of aromatic amines is 1. The van der Waals surface area contributed by atoms with Gasteiger partial charge in [-0.05, 0) is 48.2 Å². The molecule has 1 aliphatic rings. The molecule has 2 aromatic heterocycles. The number of aromatic nitrogens is 2. The normalized spacial score (nSPS) is 16.3. The summed E-state index contributed by atoms with van der Waals surface area (Å²) in [4.78, 5) is 6.42. The smallest absolute Gasteiger partial charge is 0.336 e. The fourth-order valence-corrected chi connectivity index (χ4v) is 4.83. The lowest BCUT2D eigenvalue weighted by atomic mass is 10.0. The van der Waals surface area contributed by atoms with Gasteiger partial charge in [0.25, 0.3) is 0 Å². The van der Waals surface area contributed by atoms with E-state index < -0.39 is 21.9 Å². The summed E-state index contributed by atoms with van der Waals surface area (Å²) in [7, 11) is -3.53. The maximum atomic E-state index is 13.0. The summed E-state index contributed by atoms with van der Waals surface area (Å²) in [6.45, 7) is 1.03. The molecule has 3 heterocycles. The van der Waals surface area contributed by atoms with E-state index >= 15 is 0 Å². The maximum Gasteiger partial charge on any atom is 0.431 e. The summed E-state index contributed by atoms with van der Waals surface area (Å²) in [5.74, 6) is 0. The molecule has 0 radical (unpaired) electrons. The van der Waals surface area contributed by atoms with Crippen LogP contribution in [0.3, 0.4) is 0 Å². The van der Waals surface area contributed by atoms with Gasteiger partial charge in [0, 0.05) is 24.7 Å². The lowest BCUT2D eigenvalue weighted by Gasteiger charge is -2.15. The van der Waals surface area contributed by atoms with Crippen molar-refractivity contribution in [3.05, 3.63) is 48.3 Å². The molecule has 27 heavy (non-hydrogen) atoms. The Morgan fingerprint density at radius 1 is 1.04 bits per heavy atom. The van der Waals surface area contributed by atoms with Gasteiger partial charge in [0.05, 0.1) is 4.90 Å². The Morgan fingerprint density at radius 2 is 1.70 bits per heavy atom. The number of benzene rings is 1. The van der Waals surface area contributed by atoms with Crippen LogP contribution in [0.2, 0.25) is 0 Å². The minimum Gasteiger partial charge on any atom is -0.336 e. The zero-order chi connectivity index (χ0) is 19.2. The molecule has 1 aromatic carbocycles. The highest BCUT2D eigenvalue weighted by molar-refractivity contribution is 7.89. The predicted octanol–water partition coefficient (Wildman–Crippen LogP) is 4.03. The van der Waals surface area contributed by atoms with Crippen LogP contribution in [0.4, 0.5) is 13.2 Å². The fraction of sp³-hybridized carbons (Fsp3) is 0.278. The molecule has 1 fully saturated rings. The number of sulfonamides is 1. The van der Waals surface area contributed by atoms with Crippen molar-refractivity contribution in [3.63, 3.8) is 0 Å². The number of pyridine rings is 1. The molecular weight excluding hydrogens is 379 g/mol. The first kappa shape index (κ1) is 18.0. The van der Waals surface area contributed by atoms with Crippen molar-refractivity contribution in [2.24, 2.45) is 0 Å². The highest BCUT2D eigenvalue weighted by Crippen LogP contribution is 2.35. The van der Waals surface area contributed by atoms with Gasteiger partial charge in [-0.15, -0.1) is 0 Å². The van der Waals surface area contributed by atoms with E-state index in [0.29, 0.717) is 29.6 Å². The maximum absolute atomic E-state index is 13.0. The Labute approximate surface area is 153 Å². The number of hydrogen-bond acceptors (Lipinski definition) is 3. The second kappa shape index (κ2) is 6.35. The van der Waals surface area contributed by atoms with Crippen LogP contribution < -0.4 is 0 Å². The number of hydrogen-bond donors (Lipinski definition) is 1. The van der Waals surface area contributed by atoms with Crippen LogP contribution in [0.25, 0.3) is 22.2 Å². The molecule has 3 aromatic rings. The van der Waals surface area contributed by atoms with Crippen molar-refractivity contribution in [2.75, 3.05) is 13.1 Å². The summed E-state index contributed by atoms with van der Waals surface area (Å²) in [5, 5.41) is 0.333. The Balaban J connectivity index is 1.73. The topological polar surface area (TPSA) is 66.1 Å². The molecule has 142 valence electrons. The van der Waals surface area contributed by atoms with Crippen LogP contribution in [0.15, 0.2) is 47.5 Å². The molecule has 0 saturated carbocycles. The molecule has 0 aliphatic carbocycles. The number of nitrogens with zero attached hydrogens (tertiary/aromatic N) is 2. The Morgan fingerprint density at radius 3 is 2.33 bits per heavy atom. The van der Waals surface area contributed by atoms with Crippen LogP contribution in [0.1, 0.15) is 18.5 Å². The highest BCUT2D eigenvalue weighted by atomic mass is 32.2. The molecule has 0 atom stereocenters. The van der Waals surface area contributed by atoms with E-state index in [1.807, 2.05) is 0 Å². The quantitative estimate of drug-likeness (QED) is 0.728. The predicted molar refractivity (Wildman–Crippen MR) is 94.5 cm³/mol. The minimum atomic E-state index is -4.49. The van der Waals surface area contributed by atoms with Crippen LogP contribution in [0, 0.1) is 0 Å². The van der Waals surface area contributed by atoms with Gasteiger partial charge >= 0.3 is 6.18 Å². The molecule has 0 amide bonds. The number of rotatable bonds is 3. The average molecular weight is 395 g/mol. The van der Waals surface area contributed by atoms with Gasteiger partial charge in [-0.2, -0.15) is 17.5 Å². The summed E-state index contributed by atoms with van der Waals surface area (Å²) in [6, 6.07) is 8.84. The van der Waals surface area contributed by atoms with Gasteiger partial charge in [0.1, 0.15) is 11.3 Å². The lowest BCUT2D eigenvalue weighted by Crippen LogP contribution is -2.27. The molecule has 1 saturated heterocycles. The van der Waals surface area contributed by atoms with E-state index in [1.54, 1.807) is 18.2 Å². The molecule has 5 nitrogen and oxygen atoms in total. The van der Waals surface area contributed by atoms with E-state index in [2.05, 4.69) is 9.97 Å². The van der Waals surface area contributed by atoms with Crippen molar-refractivity contribution >= 4 is 21.1 Å². The van der Waals surface area contributed by atoms with Crippen molar-refractivity contribution in [2.45, 2.75) is 23.9 Å². The number of fused-ring (bicyclic) bond motifs is 1. The van der Waals surface area contributed by atoms with Crippen molar-refractivity contribution in [1.29, 1.82) is 0 Å². The van der Waals surface area contributed by atoms with Gasteiger partial charge in [-0.25, -0.2) is 13.4 Å². The second-order valence-corrected chi connectivity index (χ2v) is 8.38. The van der Waals surface area contributed by atoms with Gasteiger partial charge in [0.2, 0.25) is 10.0 Å². The van der Waals surface area contributed by atoms with Crippen molar-refractivity contribution in [3.8, 4) is 11.1 Å². The molecule has 1 aliphatic heterocycles. The van der Waals surface area contributed by atoms with Gasteiger partial charge in [0.15, 0.2) is 0 Å². The Kier molecular flexibility index (Phi) is 4.23. The van der Waals surface area contributed by atoms with Crippen molar-refractivity contribution < 1.29 is 21.6 Å². The number of alkyl halides is 3. The number of H-pyrrole nitrogens is 1. The lowest BCUT2D eigenvalue weighted by molar-refractivity contribution is -0.140. The first-order valence-electron chi connectivity index (χ1n) is 8.42. The Hall–Kier alpha value is -2.39. The zero-order valence-corrected chi connectivity index (χ0v) is 14.9. The SMILES string of the molecule is O=S(=O)(c1ccc(-c2ccnc3[nH]c(C(F)(F)F)cc23)cc1)N1CCCC1. The fourth-order valence-electron chi connectivity index (χ4n) is 3.32. The summed E-state index contributed by atoms with van der Waals surface area (Å²) in [5.41, 5.74) is 0.437. The molecule has 0 spiro atoms. The molecule has 0 bridgehead atoms. The average Bonchev–Trinajstić information content (AvgIpc) is 3.31. The molecule has 0 unspecified atom stereocenters. The van der Waals surface area contributed by atoms with Gasteiger partial charge < -0.3 is 4.98 Å². The molecular formula is C18H16F3N3O2S. The van der Waals surface area contributed by atoms with Gasteiger partial charge in [-0.1, -0.05) is 12.1 Å². The zero-order valence-electron chi connectivity index (χ0n) is 14.1. The molecule has 4 rings (SSSR count). The van der Waals surface area contributed by atoms with E-state index in [4.69, 9.17) is 0 Å². The third-order valence-electron chi connectivity index (χ3n) is 4.71. The number of nitrogens with one attached hydrogen (secondary N) is 1. The van der Waals surface area contributed by atoms with Crippen LogP contribution in [-0.4, -0.2) is 35.8 Å². The summed E-state index contributed by atoms with van der Waals surface area (Å²) < 4.78 is 65.5. The molecule has 9 heteroatoms. The van der Waals surface area contributed by atoms with E-state index in [1.165, 1.54) is 22.6 Å². The monoisotopic (exact) mass is 395 g/mol. The second-order valence-electron chi connectivity index (χ2n) is 6.44. The van der Waals surface area contributed by atoms with Crippen LogP contribution in [0.5, 0.6) is 0 Å². The highest BCUT2D eigenvalue weighted by Gasteiger charge is 2.33. The third kappa shape index (κ3) is 3.21. The third-order valence-corrected chi connectivity index (χ3v) is 6.62. The van der Waals surface area contributed by atoms with Gasteiger partial charge in [-0.3, -0.25) is 0 Å². The largest absolute Gasteiger partial charge is 0.431 e. The van der Waals surface area contributed by atoms with E-state index in [-0.39, 0.29) is 10.5 Å². The first-order valence-corrected chi connectivity index (χ1v) is 9.86. The van der Waals surface area contributed by atoms with Crippen LogP contribution in [-0.2, 0) is 16.2 Å². The van der Waals surface area contributed by atoms with Crippen molar-refractivity contribution in [1.82, 2.24) is 14.3 Å². The Bertz CT molecular complexity index is 1080. The van der Waals surface area contributed by atoms with E-state index in [9.17, 15) is 21.6 Å². The minimum absolute atomic E-state index is 0.133. The summed E-state index contributed by atoms with van der Waals surface area (Å²) >= 11 is 0. The molecule has 1 N–H and O–H groups in total. The summed E-state index contributed by atoms with van der Waals surface area (Å²) in [6.07, 6.45) is -1.38. The van der Waals surface area contributed by atoms with E-state index in [0.717, 1.165) is 18.9 Å². The standard InChI is InChI=1S/C18H16F3N3O2S/c19-18(20,21)16-11-15-14(7-8-22-17(15)23-16)12-3-5-13(6-4-12)27(25,26)24-9-1-2-10-24/h3-8,11H,1-2,9-10H2,(H,22,23).